The summed E-state index contributed by atoms with van der Waals surface area (Å²) in [6.45, 7) is 2.41. The SMILES string of the molecule is CCOc1cc(/C=C/C(=O)NNC(=S)Nc2ccc(Cl)cc2)ccc1OC. The molecule has 2 rings (SSSR count). The first-order valence-corrected chi connectivity index (χ1v) is 8.92. The first kappa shape index (κ1) is 20.5. The van der Waals surface area contributed by atoms with Gasteiger partial charge in [0.15, 0.2) is 16.6 Å². The summed E-state index contributed by atoms with van der Waals surface area (Å²) >= 11 is 10.9. The molecule has 0 aromatic heterocycles. The van der Waals surface area contributed by atoms with Crippen molar-refractivity contribution in [1.29, 1.82) is 0 Å². The van der Waals surface area contributed by atoms with Gasteiger partial charge in [-0.3, -0.25) is 15.6 Å². The van der Waals surface area contributed by atoms with E-state index in [2.05, 4.69) is 16.2 Å². The van der Waals surface area contributed by atoms with Crippen LogP contribution in [0.2, 0.25) is 5.02 Å². The van der Waals surface area contributed by atoms with E-state index in [0.29, 0.717) is 23.1 Å². The van der Waals surface area contributed by atoms with Gasteiger partial charge in [0.1, 0.15) is 0 Å². The monoisotopic (exact) mass is 405 g/mol. The smallest absolute Gasteiger partial charge is 0.262 e. The van der Waals surface area contributed by atoms with Gasteiger partial charge in [-0.05, 0) is 67.2 Å². The van der Waals surface area contributed by atoms with E-state index in [1.165, 1.54) is 6.08 Å². The van der Waals surface area contributed by atoms with Crippen LogP contribution in [-0.4, -0.2) is 24.7 Å². The van der Waals surface area contributed by atoms with E-state index >= 15 is 0 Å². The van der Waals surface area contributed by atoms with Crippen LogP contribution in [0.4, 0.5) is 5.69 Å². The number of thiocarbonyl (C=S) groups is 1. The molecule has 0 unspecified atom stereocenters. The van der Waals surface area contributed by atoms with Gasteiger partial charge >= 0.3 is 0 Å². The van der Waals surface area contributed by atoms with Crippen molar-refractivity contribution < 1.29 is 14.3 Å². The molecule has 0 aliphatic rings. The molecule has 0 saturated heterocycles. The number of hydrazine groups is 1. The zero-order chi connectivity index (χ0) is 19.6. The number of hydrogen-bond acceptors (Lipinski definition) is 4. The first-order valence-electron chi connectivity index (χ1n) is 8.13. The number of benzene rings is 2. The zero-order valence-corrected chi connectivity index (χ0v) is 16.5. The van der Waals surface area contributed by atoms with Gasteiger partial charge in [0.05, 0.1) is 13.7 Å². The molecular formula is C19H20ClN3O3S. The molecule has 0 fully saturated rings. The molecule has 0 saturated carbocycles. The Bertz CT molecular complexity index is 825. The lowest BCUT2D eigenvalue weighted by Gasteiger charge is -2.11. The van der Waals surface area contributed by atoms with Gasteiger partial charge in [0.2, 0.25) is 0 Å². The standard InChI is InChI=1S/C19H20ClN3O3S/c1-3-26-17-12-13(4-10-16(17)25-2)5-11-18(24)22-23-19(27)21-15-8-6-14(20)7-9-15/h4-12H,3H2,1-2H3,(H,22,24)(H2,21,23,27)/b11-5+. The third-order valence-electron chi connectivity index (χ3n) is 3.32. The summed E-state index contributed by atoms with van der Waals surface area (Å²) in [6, 6.07) is 12.4. The van der Waals surface area contributed by atoms with Crippen LogP contribution >= 0.6 is 23.8 Å². The number of carbonyl (C=O) groups excluding carboxylic acids is 1. The van der Waals surface area contributed by atoms with Crippen LogP contribution in [0.3, 0.4) is 0 Å². The fourth-order valence-electron chi connectivity index (χ4n) is 2.09. The second-order valence-electron chi connectivity index (χ2n) is 5.25. The number of ether oxygens (including phenoxy) is 2. The largest absolute Gasteiger partial charge is 0.493 e. The van der Waals surface area contributed by atoms with Crippen LogP contribution in [-0.2, 0) is 4.79 Å². The molecule has 142 valence electrons. The molecule has 0 aliphatic heterocycles. The lowest BCUT2D eigenvalue weighted by molar-refractivity contribution is -0.116. The molecule has 0 atom stereocenters. The minimum absolute atomic E-state index is 0.252. The predicted octanol–water partition coefficient (Wildman–Crippen LogP) is 3.78. The average molecular weight is 406 g/mol. The Labute approximate surface area is 168 Å². The van der Waals surface area contributed by atoms with Crippen LogP contribution in [0.15, 0.2) is 48.5 Å². The van der Waals surface area contributed by atoms with E-state index in [1.807, 2.05) is 13.0 Å². The van der Waals surface area contributed by atoms with Crippen LogP contribution < -0.4 is 25.6 Å². The molecular weight excluding hydrogens is 386 g/mol. The molecule has 2 aromatic rings. The second kappa shape index (κ2) is 10.4. The summed E-state index contributed by atoms with van der Waals surface area (Å²) in [6.07, 6.45) is 3.05. The summed E-state index contributed by atoms with van der Waals surface area (Å²) in [4.78, 5) is 11.9. The van der Waals surface area contributed by atoms with E-state index in [0.717, 1.165) is 11.3 Å². The summed E-state index contributed by atoms with van der Waals surface area (Å²) < 4.78 is 10.7. The average Bonchev–Trinajstić information content (AvgIpc) is 2.67. The van der Waals surface area contributed by atoms with Crippen molar-refractivity contribution in [1.82, 2.24) is 10.9 Å². The highest BCUT2D eigenvalue weighted by Gasteiger charge is 2.04. The number of halogens is 1. The highest BCUT2D eigenvalue weighted by atomic mass is 35.5. The maximum Gasteiger partial charge on any atom is 0.262 e. The normalized spacial score (nSPS) is 10.3. The Morgan fingerprint density at radius 1 is 1.15 bits per heavy atom. The van der Waals surface area contributed by atoms with Crippen LogP contribution in [0, 0.1) is 0 Å². The number of amides is 1. The molecule has 2 aromatic carbocycles. The van der Waals surface area contributed by atoms with Crippen LogP contribution in [0.5, 0.6) is 11.5 Å². The number of anilines is 1. The number of carbonyl (C=O) groups is 1. The topological polar surface area (TPSA) is 71.6 Å². The van der Waals surface area contributed by atoms with E-state index in [9.17, 15) is 4.79 Å². The number of hydrogen-bond donors (Lipinski definition) is 3. The molecule has 8 heteroatoms. The van der Waals surface area contributed by atoms with E-state index in [-0.39, 0.29) is 11.0 Å². The first-order chi connectivity index (χ1) is 13.0. The van der Waals surface area contributed by atoms with E-state index in [1.54, 1.807) is 49.6 Å². The van der Waals surface area contributed by atoms with Gasteiger partial charge < -0.3 is 14.8 Å². The summed E-state index contributed by atoms with van der Waals surface area (Å²) in [5, 5.41) is 3.81. The van der Waals surface area contributed by atoms with Gasteiger partial charge in [-0.2, -0.15) is 0 Å². The van der Waals surface area contributed by atoms with Crippen LogP contribution in [0.25, 0.3) is 6.08 Å². The van der Waals surface area contributed by atoms with Gasteiger partial charge in [-0.1, -0.05) is 17.7 Å². The minimum Gasteiger partial charge on any atom is -0.493 e. The van der Waals surface area contributed by atoms with Gasteiger partial charge in [0.25, 0.3) is 5.91 Å². The Morgan fingerprint density at radius 3 is 2.56 bits per heavy atom. The molecule has 6 nitrogen and oxygen atoms in total. The lowest BCUT2D eigenvalue weighted by Crippen LogP contribution is -2.43. The van der Waals surface area contributed by atoms with Crippen LogP contribution in [0.1, 0.15) is 12.5 Å². The molecule has 3 N–H and O–H groups in total. The summed E-state index contributed by atoms with van der Waals surface area (Å²) in [5.41, 5.74) is 6.66. The zero-order valence-electron chi connectivity index (χ0n) is 14.9. The Hall–Kier alpha value is -2.77. The molecule has 1 amide bonds. The molecule has 0 radical (unpaired) electrons. The molecule has 27 heavy (non-hydrogen) atoms. The van der Waals surface area contributed by atoms with Crippen molar-refractivity contribution in [2.45, 2.75) is 6.92 Å². The lowest BCUT2D eigenvalue weighted by atomic mass is 10.2. The van der Waals surface area contributed by atoms with Crippen molar-refractivity contribution >= 4 is 46.6 Å². The molecule has 0 heterocycles. The van der Waals surface area contributed by atoms with Gasteiger partial charge in [-0.15, -0.1) is 0 Å². The predicted molar refractivity (Wildman–Crippen MR) is 112 cm³/mol. The van der Waals surface area contributed by atoms with Crippen molar-refractivity contribution in [3.05, 3.63) is 59.1 Å². The van der Waals surface area contributed by atoms with Gasteiger partial charge in [0, 0.05) is 16.8 Å². The van der Waals surface area contributed by atoms with Crippen molar-refractivity contribution in [2.24, 2.45) is 0 Å². The van der Waals surface area contributed by atoms with E-state index < -0.39 is 0 Å². The Kier molecular flexibility index (Phi) is 7.91. The number of nitrogens with one attached hydrogen (secondary N) is 3. The summed E-state index contributed by atoms with van der Waals surface area (Å²) in [7, 11) is 1.58. The maximum absolute atomic E-state index is 11.9. The summed E-state index contributed by atoms with van der Waals surface area (Å²) in [5.74, 6) is 0.900. The second-order valence-corrected chi connectivity index (χ2v) is 6.10. The highest BCUT2D eigenvalue weighted by Crippen LogP contribution is 2.28. The molecule has 0 aliphatic carbocycles. The minimum atomic E-state index is -0.357. The quantitative estimate of drug-likeness (QED) is 0.386. The third kappa shape index (κ3) is 6.80. The maximum atomic E-state index is 11.9. The molecule has 0 spiro atoms. The van der Waals surface area contributed by atoms with E-state index in [4.69, 9.17) is 33.3 Å². The molecule has 0 bridgehead atoms. The van der Waals surface area contributed by atoms with Crippen molar-refractivity contribution in [2.75, 3.05) is 19.0 Å². The van der Waals surface area contributed by atoms with Gasteiger partial charge in [-0.25, -0.2) is 0 Å². The third-order valence-corrected chi connectivity index (χ3v) is 3.77. The highest BCUT2D eigenvalue weighted by molar-refractivity contribution is 7.80. The Balaban J connectivity index is 1.86. The fourth-order valence-corrected chi connectivity index (χ4v) is 2.39. The van der Waals surface area contributed by atoms with Crippen molar-refractivity contribution in [3.8, 4) is 11.5 Å². The fraction of sp³-hybridized carbons (Fsp3) is 0.158. The number of rotatable bonds is 6. The Morgan fingerprint density at radius 2 is 1.89 bits per heavy atom. The van der Waals surface area contributed by atoms with Crippen molar-refractivity contribution in [3.63, 3.8) is 0 Å². The number of methoxy groups -OCH3 is 1.